The minimum Gasteiger partial charge on any atom is -0.394 e. The predicted octanol–water partition coefficient (Wildman–Crippen LogP) is 3.57. The molecule has 0 amide bonds. The van der Waals surface area contributed by atoms with Crippen molar-refractivity contribution in [1.29, 1.82) is 0 Å². The summed E-state index contributed by atoms with van der Waals surface area (Å²) in [5, 5.41) is 9.44. The molecular weight excluding hydrogens is 272 g/mol. The maximum Gasteiger partial charge on any atom is 0.0979 e. The van der Waals surface area contributed by atoms with Crippen molar-refractivity contribution in [1.82, 2.24) is 0 Å². The lowest BCUT2D eigenvalue weighted by molar-refractivity contribution is 0.269. The van der Waals surface area contributed by atoms with Gasteiger partial charge >= 0.3 is 0 Å². The second kappa shape index (κ2) is 8.15. The van der Waals surface area contributed by atoms with Gasteiger partial charge in [0.05, 0.1) is 12.6 Å². The Morgan fingerprint density at radius 2 is 1.73 bits per heavy atom. The smallest absolute Gasteiger partial charge is 0.0979 e. The predicted molar refractivity (Wildman–Crippen MR) is 94.6 cm³/mol. The van der Waals surface area contributed by atoms with Gasteiger partial charge in [-0.1, -0.05) is 48.5 Å². The van der Waals surface area contributed by atoms with Crippen LogP contribution in [-0.2, 0) is 0 Å². The average molecular weight is 294 g/mol. The minimum absolute atomic E-state index is 0.00584. The van der Waals surface area contributed by atoms with Gasteiger partial charge in [0.1, 0.15) is 0 Å². The SMILES string of the molecule is CN(C)c1ccc(/C=C/C=NC(CO)c2ccccc2)cc1. The van der Waals surface area contributed by atoms with E-state index in [2.05, 4.69) is 34.2 Å². The molecule has 0 bridgehead atoms. The normalized spacial score (nSPS) is 12.9. The average Bonchev–Trinajstić information content (AvgIpc) is 2.56. The Morgan fingerprint density at radius 3 is 2.32 bits per heavy atom. The molecule has 2 rings (SSSR count). The molecule has 0 radical (unpaired) electrons. The number of aliphatic hydroxyl groups is 1. The number of anilines is 1. The largest absolute Gasteiger partial charge is 0.394 e. The lowest BCUT2D eigenvalue weighted by Crippen LogP contribution is -2.07. The van der Waals surface area contributed by atoms with Crippen LogP contribution in [0, 0.1) is 0 Å². The monoisotopic (exact) mass is 294 g/mol. The van der Waals surface area contributed by atoms with E-state index in [0.717, 1.165) is 11.1 Å². The number of hydrogen-bond acceptors (Lipinski definition) is 3. The van der Waals surface area contributed by atoms with E-state index in [9.17, 15) is 5.11 Å². The molecule has 114 valence electrons. The molecule has 3 heteroatoms. The van der Waals surface area contributed by atoms with E-state index in [1.165, 1.54) is 5.69 Å². The van der Waals surface area contributed by atoms with Gasteiger partial charge in [-0.15, -0.1) is 0 Å². The molecule has 0 heterocycles. The van der Waals surface area contributed by atoms with Crippen LogP contribution in [0.3, 0.4) is 0 Å². The summed E-state index contributed by atoms with van der Waals surface area (Å²) in [6, 6.07) is 17.9. The Labute approximate surface area is 132 Å². The van der Waals surface area contributed by atoms with Crippen LogP contribution in [0.2, 0.25) is 0 Å². The minimum atomic E-state index is -0.207. The molecule has 1 N–H and O–H groups in total. The van der Waals surface area contributed by atoms with Crippen LogP contribution in [-0.4, -0.2) is 32.0 Å². The molecule has 3 nitrogen and oxygen atoms in total. The highest BCUT2D eigenvalue weighted by Crippen LogP contribution is 2.16. The zero-order valence-corrected chi connectivity index (χ0v) is 13.1. The molecule has 2 aromatic rings. The van der Waals surface area contributed by atoms with E-state index in [4.69, 9.17) is 0 Å². The van der Waals surface area contributed by atoms with E-state index in [1.807, 2.05) is 56.6 Å². The molecule has 0 aliphatic carbocycles. The number of hydrogen-bond donors (Lipinski definition) is 1. The number of nitrogens with zero attached hydrogens (tertiary/aromatic N) is 2. The van der Waals surface area contributed by atoms with Crippen molar-refractivity contribution in [2.24, 2.45) is 4.99 Å². The van der Waals surface area contributed by atoms with Crippen LogP contribution in [0.15, 0.2) is 65.7 Å². The standard InChI is InChI=1S/C19H22N2O/c1-21(2)18-12-10-16(11-13-18)7-6-14-20-19(15-22)17-8-4-3-5-9-17/h3-14,19,22H,15H2,1-2H3/b7-6+,20-14?. The van der Waals surface area contributed by atoms with Crippen LogP contribution in [0.5, 0.6) is 0 Å². The van der Waals surface area contributed by atoms with Crippen molar-refractivity contribution < 1.29 is 5.11 Å². The Morgan fingerprint density at radius 1 is 1.05 bits per heavy atom. The summed E-state index contributed by atoms with van der Waals surface area (Å²) in [4.78, 5) is 6.47. The third-order valence-corrected chi connectivity index (χ3v) is 3.41. The highest BCUT2D eigenvalue weighted by molar-refractivity contribution is 5.78. The summed E-state index contributed by atoms with van der Waals surface area (Å²) in [5.74, 6) is 0. The number of benzene rings is 2. The van der Waals surface area contributed by atoms with Crippen LogP contribution in [0.25, 0.3) is 6.08 Å². The highest BCUT2D eigenvalue weighted by atomic mass is 16.3. The fourth-order valence-electron chi connectivity index (χ4n) is 2.11. The zero-order chi connectivity index (χ0) is 15.8. The first-order valence-corrected chi connectivity index (χ1v) is 7.33. The second-order valence-electron chi connectivity index (χ2n) is 5.25. The van der Waals surface area contributed by atoms with Crippen LogP contribution in [0.1, 0.15) is 17.2 Å². The van der Waals surface area contributed by atoms with Gasteiger partial charge in [0.15, 0.2) is 0 Å². The number of aliphatic imine (C=N–C) groups is 1. The van der Waals surface area contributed by atoms with E-state index in [1.54, 1.807) is 6.21 Å². The Kier molecular flexibility index (Phi) is 5.92. The Balaban J connectivity index is 1.98. The lowest BCUT2D eigenvalue weighted by atomic mass is 10.1. The van der Waals surface area contributed by atoms with E-state index in [-0.39, 0.29) is 12.6 Å². The Bertz CT molecular complexity index is 616. The van der Waals surface area contributed by atoms with E-state index >= 15 is 0 Å². The molecule has 22 heavy (non-hydrogen) atoms. The maximum absolute atomic E-state index is 9.44. The van der Waals surface area contributed by atoms with Crippen LogP contribution < -0.4 is 4.90 Å². The summed E-state index contributed by atoms with van der Waals surface area (Å²) in [6.45, 7) is 0.00584. The topological polar surface area (TPSA) is 35.8 Å². The van der Waals surface area contributed by atoms with Crippen molar-refractivity contribution in [3.05, 3.63) is 71.8 Å². The second-order valence-corrected chi connectivity index (χ2v) is 5.25. The molecule has 0 saturated carbocycles. The number of allylic oxidation sites excluding steroid dienone is 1. The van der Waals surface area contributed by atoms with Crippen LogP contribution >= 0.6 is 0 Å². The van der Waals surface area contributed by atoms with Crippen molar-refractivity contribution in [2.45, 2.75) is 6.04 Å². The van der Waals surface area contributed by atoms with Gasteiger partial charge < -0.3 is 10.0 Å². The third-order valence-electron chi connectivity index (χ3n) is 3.41. The molecule has 0 aliphatic rings. The van der Waals surface area contributed by atoms with Gasteiger partial charge in [-0.3, -0.25) is 4.99 Å². The molecule has 0 aliphatic heterocycles. The molecule has 0 spiro atoms. The number of aliphatic hydroxyl groups excluding tert-OH is 1. The quantitative estimate of drug-likeness (QED) is 0.827. The zero-order valence-electron chi connectivity index (χ0n) is 13.1. The lowest BCUT2D eigenvalue weighted by Gasteiger charge is -2.11. The van der Waals surface area contributed by atoms with Gasteiger partial charge in [-0.25, -0.2) is 0 Å². The van der Waals surface area contributed by atoms with E-state index < -0.39 is 0 Å². The van der Waals surface area contributed by atoms with Crippen LogP contribution in [0.4, 0.5) is 5.69 Å². The molecule has 0 fully saturated rings. The summed E-state index contributed by atoms with van der Waals surface area (Å²) < 4.78 is 0. The first kappa shape index (κ1) is 16.0. The van der Waals surface area contributed by atoms with Crippen molar-refractivity contribution in [2.75, 3.05) is 25.6 Å². The van der Waals surface area contributed by atoms with Crippen molar-refractivity contribution in [3.8, 4) is 0 Å². The molecule has 1 unspecified atom stereocenters. The summed E-state index contributed by atoms with van der Waals surface area (Å²) in [6.07, 6.45) is 5.65. The van der Waals surface area contributed by atoms with Gasteiger partial charge in [-0.05, 0) is 29.3 Å². The molecule has 0 aromatic heterocycles. The van der Waals surface area contributed by atoms with Crippen molar-refractivity contribution >= 4 is 18.0 Å². The summed E-state index contributed by atoms with van der Waals surface area (Å²) in [7, 11) is 4.05. The van der Waals surface area contributed by atoms with Crippen molar-refractivity contribution in [3.63, 3.8) is 0 Å². The molecule has 2 aromatic carbocycles. The first-order valence-electron chi connectivity index (χ1n) is 7.33. The summed E-state index contributed by atoms with van der Waals surface area (Å²) >= 11 is 0. The van der Waals surface area contributed by atoms with Gasteiger partial charge in [-0.2, -0.15) is 0 Å². The maximum atomic E-state index is 9.44. The fraction of sp³-hybridized carbons (Fsp3) is 0.211. The highest BCUT2D eigenvalue weighted by Gasteiger charge is 2.05. The fourth-order valence-corrected chi connectivity index (χ4v) is 2.11. The molecule has 0 saturated heterocycles. The van der Waals surface area contributed by atoms with Gasteiger partial charge in [0.25, 0.3) is 0 Å². The van der Waals surface area contributed by atoms with Gasteiger partial charge in [0.2, 0.25) is 0 Å². The van der Waals surface area contributed by atoms with Gasteiger partial charge in [0, 0.05) is 26.0 Å². The number of rotatable bonds is 6. The molecular formula is C19H22N2O. The first-order chi connectivity index (χ1) is 10.7. The molecule has 1 atom stereocenters. The Hall–Kier alpha value is -2.39. The third kappa shape index (κ3) is 4.57. The summed E-state index contributed by atoms with van der Waals surface area (Å²) in [5.41, 5.74) is 3.32. The van der Waals surface area contributed by atoms with E-state index in [0.29, 0.717) is 0 Å².